The van der Waals surface area contributed by atoms with Crippen LogP contribution in [-0.2, 0) is 5.41 Å². The smallest absolute Gasteiger partial charge is 0.335 e. The van der Waals surface area contributed by atoms with Crippen LogP contribution in [0, 0.1) is 6.92 Å². The second kappa shape index (κ2) is 6.59. The number of benzene rings is 1. The minimum Gasteiger partial charge on any atom is -0.478 e. The summed E-state index contributed by atoms with van der Waals surface area (Å²) in [6.45, 7) is 8.65. The van der Waals surface area contributed by atoms with Crippen LogP contribution in [0.1, 0.15) is 61.1 Å². The lowest BCUT2D eigenvalue weighted by Crippen LogP contribution is -2.14. The van der Waals surface area contributed by atoms with Crippen molar-refractivity contribution in [3.05, 3.63) is 40.7 Å². The third-order valence-corrected chi connectivity index (χ3v) is 5.92. The topological polar surface area (TPSA) is 68.0 Å². The zero-order valence-corrected chi connectivity index (χ0v) is 15.9. The number of imidazole rings is 1. The first-order chi connectivity index (χ1) is 11.8. The first-order valence-electron chi connectivity index (χ1n) is 8.52. The van der Waals surface area contributed by atoms with Crippen molar-refractivity contribution in [2.75, 3.05) is 0 Å². The van der Waals surface area contributed by atoms with Crippen LogP contribution in [0.15, 0.2) is 24.4 Å². The molecule has 3 rings (SSSR count). The lowest BCUT2D eigenvalue weighted by Gasteiger charge is -2.22. The first-order valence-corrected chi connectivity index (χ1v) is 9.34. The van der Waals surface area contributed by atoms with E-state index in [0.717, 1.165) is 22.9 Å². The minimum atomic E-state index is -0.941. The van der Waals surface area contributed by atoms with Crippen molar-refractivity contribution in [2.45, 2.75) is 52.4 Å². The van der Waals surface area contributed by atoms with Crippen LogP contribution in [0.5, 0.6) is 0 Å². The summed E-state index contributed by atoms with van der Waals surface area (Å²) >= 11 is 1.68. The van der Waals surface area contributed by atoms with E-state index in [1.165, 1.54) is 17.7 Å². The van der Waals surface area contributed by atoms with Gasteiger partial charge in [-0.3, -0.25) is 4.57 Å². The molecule has 0 atom stereocenters. The fourth-order valence-electron chi connectivity index (χ4n) is 3.00. The maximum absolute atomic E-state index is 11.2. The Morgan fingerprint density at radius 1 is 1.36 bits per heavy atom. The number of hydrogen-bond donors (Lipinski definition) is 1. The van der Waals surface area contributed by atoms with Gasteiger partial charge in [0.25, 0.3) is 0 Å². The number of carboxylic acid groups (broad SMARTS) is 1. The summed E-state index contributed by atoms with van der Waals surface area (Å²) in [6.07, 6.45) is 5.49. The molecule has 2 aromatic heterocycles. The normalized spacial score (nSPS) is 12.0. The predicted molar refractivity (Wildman–Crippen MR) is 101 cm³/mol. The zero-order chi connectivity index (χ0) is 18.2. The molecule has 1 aromatic carbocycles. The van der Waals surface area contributed by atoms with Crippen molar-refractivity contribution in [1.82, 2.24) is 14.5 Å². The summed E-state index contributed by atoms with van der Waals surface area (Å²) in [7, 11) is 0. The quantitative estimate of drug-likeness (QED) is 0.677. The second-order valence-corrected chi connectivity index (χ2v) is 8.01. The average molecular weight is 357 g/mol. The molecule has 0 aliphatic carbocycles. The van der Waals surface area contributed by atoms with Gasteiger partial charge in [-0.05, 0) is 31.5 Å². The summed E-state index contributed by atoms with van der Waals surface area (Å²) in [6, 6.07) is 5.03. The molecule has 1 N–H and O–H groups in total. The van der Waals surface area contributed by atoms with Crippen molar-refractivity contribution in [3.63, 3.8) is 0 Å². The van der Waals surface area contributed by atoms with Gasteiger partial charge in [-0.15, -0.1) is 11.3 Å². The van der Waals surface area contributed by atoms with Crippen LogP contribution in [0.2, 0.25) is 0 Å². The highest BCUT2D eigenvalue weighted by Crippen LogP contribution is 2.35. The maximum Gasteiger partial charge on any atom is 0.335 e. The van der Waals surface area contributed by atoms with Crippen molar-refractivity contribution < 1.29 is 9.90 Å². The van der Waals surface area contributed by atoms with Crippen LogP contribution < -0.4 is 0 Å². The molecule has 3 aromatic rings. The number of unbranched alkanes of at least 4 members (excludes halogenated alkanes) is 1. The number of carbonyl (C=O) groups is 1. The number of fused-ring (bicyclic) bond motifs is 1. The van der Waals surface area contributed by atoms with Gasteiger partial charge in [-0.2, -0.15) is 0 Å². The molecule has 132 valence electrons. The highest BCUT2D eigenvalue weighted by Gasteiger charge is 2.24. The third kappa shape index (κ3) is 3.31. The standard InChI is InChI=1S/C19H23N3O2S/c1-5-6-9-19(3,4)16-11-20-18(25-16)22-12(2)21-14-10-13(17(23)24)7-8-15(14)22/h7-8,10-11H,5-6,9H2,1-4H3,(H,23,24). The number of thiazole rings is 1. The Morgan fingerprint density at radius 3 is 2.80 bits per heavy atom. The lowest BCUT2D eigenvalue weighted by atomic mass is 9.86. The highest BCUT2D eigenvalue weighted by atomic mass is 32.1. The summed E-state index contributed by atoms with van der Waals surface area (Å²) in [5, 5.41) is 10.0. The number of hydrogen-bond acceptors (Lipinski definition) is 4. The van der Waals surface area contributed by atoms with E-state index < -0.39 is 5.97 Å². The number of aryl methyl sites for hydroxylation is 1. The second-order valence-electron chi connectivity index (χ2n) is 7.00. The summed E-state index contributed by atoms with van der Waals surface area (Å²) in [5.74, 6) is -0.131. The van der Waals surface area contributed by atoms with Crippen LogP contribution in [0.25, 0.3) is 16.2 Å². The summed E-state index contributed by atoms with van der Waals surface area (Å²) in [4.78, 5) is 21.6. The van der Waals surface area contributed by atoms with Crippen molar-refractivity contribution >= 4 is 28.3 Å². The van der Waals surface area contributed by atoms with Gasteiger partial charge in [0.15, 0.2) is 5.13 Å². The largest absolute Gasteiger partial charge is 0.478 e. The molecule has 5 nitrogen and oxygen atoms in total. The number of aromatic nitrogens is 3. The van der Waals surface area contributed by atoms with E-state index in [9.17, 15) is 4.79 Å². The Kier molecular flexibility index (Phi) is 4.64. The van der Waals surface area contributed by atoms with E-state index in [4.69, 9.17) is 5.11 Å². The number of rotatable bonds is 6. The van der Waals surface area contributed by atoms with Crippen LogP contribution in [0.4, 0.5) is 0 Å². The fraction of sp³-hybridized carbons (Fsp3) is 0.421. The molecule has 6 heteroatoms. The molecule has 0 radical (unpaired) electrons. The molecule has 0 fully saturated rings. The molecule has 0 unspecified atom stereocenters. The van der Waals surface area contributed by atoms with E-state index in [2.05, 4.69) is 30.7 Å². The maximum atomic E-state index is 11.2. The van der Waals surface area contributed by atoms with Crippen molar-refractivity contribution in [2.24, 2.45) is 0 Å². The van der Waals surface area contributed by atoms with E-state index >= 15 is 0 Å². The van der Waals surface area contributed by atoms with Gasteiger partial charge in [0.1, 0.15) is 5.82 Å². The Hall–Kier alpha value is -2.21. The van der Waals surface area contributed by atoms with Gasteiger partial charge >= 0.3 is 5.97 Å². The molecule has 0 saturated heterocycles. The molecule has 0 bridgehead atoms. The molecule has 25 heavy (non-hydrogen) atoms. The van der Waals surface area contributed by atoms with E-state index in [1.54, 1.807) is 23.5 Å². The zero-order valence-electron chi connectivity index (χ0n) is 15.0. The molecule has 0 spiro atoms. The van der Waals surface area contributed by atoms with Crippen LogP contribution >= 0.6 is 11.3 Å². The minimum absolute atomic E-state index is 0.104. The average Bonchev–Trinajstić information content (AvgIpc) is 3.15. The molecular weight excluding hydrogens is 334 g/mol. The summed E-state index contributed by atoms with van der Waals surface area (Å²) in [5.41, 5.74) is 1.92. The van der Waals surface area contributed by atoms with Gasteiger partial charge in [-0.25, -0.2) is 14.8 Å². The fourth-order valence-corrected chi connectivity index (χ4v) is 4.11. The van der Waals surface area contributed by atoms with Gasteiger partial charge in [-0.1, -0.05) is 33.6 Å². The Balaban J connectivity index is 2.03. The van der Waals surface area contributed by atoms with Gasteiger partial charge in [0.2, 0.25) is 0 Å². The summed E-state index contributed by atoms with van der Waals surface area (Å²) < 4.78 is 2.00. The predicted octanol–water partition coefficient (Wildman–Crippen LogP) is 4.96. The van der Waals surface area contributed by atoms with Gasteiger partial charge in [0.05, 0.1) is 16.6 Å². The molecule has 0 saturated carbocycles. The van der Waals surface area contributed by atoms with Crippen molar-refractivity contribution in [1.29, 1.82) is 0 Å². The SMILES string of the molecule is CCCCC(C)(C)c1cnc(-n2c(C)nc3cc(C(=O)O)ccc32)s1. The number of carboxylic acids is 1. The Morgan fingerprint density at radius 2 is 2.12 bits per heavy atom. The molecular formula is C19H23N3O2S. The molecule has 2 heterocycles. The lowest BCUT2D eigenvalue weighted by molar-refractivity contribution is 0.0697. The van der Waals surface area contributed by atoms with Crippen LogP contribution in [0.3, 0.4) is 0 Å². The molecule has 0 aliphatic heterocycles. The number of aromatic carboxylic acids is 1. The molecule has 0 aliphatic rings. The highest BCUT2D eigenvalue weighted by molar-refractivity contribution is 7.14. The van der Waals surface area contributed by atoms with Gasteiger partial charge in [0, 0.05) is 16.5 Å². The van der Waals surface area contributed by atoms with E-state index in [-0.39, 0.29) is 11.0 Å². The van der Waals surface area contributed by atoms with Crippen molar-refractivity contribution in [3.8, 4) is 5.13 Å². The first kappa shape index (κ1) is 17.6. The van der Waals surface area contributed by atoms with Crippen LogP contribution in [-0.4, -0.2) is 25.6 Å². The van der Waals surface area contributed by atoms with E-state index in [1.807, 2.05) is 23.8 Å². The van der Waals surface area contributed by atoms with E-state index in [0.29, 0.717) is 5.52 Å². The van der Waals surface area contributed by atoms with Gasteiger partial charge < -0.3 is 5.11 Å². The monoisotopic (exact) mass is 357 g/mol. The Bertz CT molecular complexity index is 924. The molecule has 0 amide bonds. The number of nitrogens with zero attached hydrogens (tertiary/aromatic N) is 3. The Labute approximate surface area is 151 Å². The third-order valence-electron chi connectivity index (χ3n) is 4.58.